The lowest BCUT2D eigenvalue weighted by Gasteiger charge is -2.32. The van der Waals surface area contributed by atoms with Gasteiger partial charge >= 0.3 is 6.09 Å². The molecule has 2 rings (SSSR count). The van der Waals surface area contributed by atoms with Crippen LogP contribution in [0.1, 0.15) is 89.0 Å². The molecule has 0 saturated heterocycles. The molecule has 7 heteroatoms. The van der Waals surface area contributed by atoms with Gasteiger partial charge in [0.05, 0.1) is 0 Å². The summed E-state index contributed by atoms with van der Waals surface area (Å²) in [7, 11) is 0. The van der Waals surface area contributed by atoms with Gasteiger partial charge in [0.15, 0.2) is 0 Å². The Labute approximate surface area is 234 Å². The van der Waals surface area contributed by atoms with E-state index in [2.05, 4.69) is 24.1 Å². The summed E-state index contributed by atoms with van der Waals surface area (Å²) in [6.45, 7) is 11.8. The minimum atomic E-state index is -0.864. The number of alkyl carbamates (subject to hydrolysis) is 1. The molecule has 0 fully saturated rings. The van der Waals surface area contributed by atoms with Crippen LogP contribution < -0.4 is 10.6 Å². The lowest BCUT2D eigenvalue weighted by Crippen LogP contribution is -2.48. The molecule has 7 nitrogen and oxygen atoms in total. The fraction of sp³-hybridized carbons (Fsp3) is 0.469. The van der Waals surface area contributed by atoms with Gasteiger partial charge in [-0.3, -0.25) is 9.59 Å². The second-order valence-electron chi connectivity index (χ2n) is 10.7. The Morgan fingerprint density at radius 3 is 2.31 bits per heavy atom. The smallest absolute Gasteiger partial charge is 0.408 e. The zero-order valence-electron chi connectivity index (χ0n) is 24.0. The van der Waals surface area contributed by atoms with E-state index in [1.807, 2.05) is 54.6 Å². The highest BCUT2D eigenvalue weighted by atomic mass is 16.6. The number of rotatable bonds is 15. The summed E-state index contributed by atoms with van der Waals surface area (Å²) < 4.78 is 5.30. The first-order valence-corrected chi connectivity index (χ1v) is 13.9. The molecule has 1 atom stereocenters. The molecular weight excluding hydrogens is 490 g/mol. The second kappa shape index (κ2) is 16.4. The van der Waals surface area contributed by atoms with Crippen LogP contribution in [0.15, 0.2) is 61.2 Å². The third kappa shape index (κ3) is 11.8. The van der Waals surface area contributed by atoms with Gasteiger partial charge in [-0.1, -0.05) is 100 Å². The number of benzene rings is 2. The average molecular weight is 536 g/mol. The van der Waals surface area contributed by atoms with Crippen LogP contribution in [0.25, 0.3) is 6.08 Å². The Morgan fingerprint density at radius 1 is 0.949 bits per heavy atom. The van der Waals surface area contributed by atoms with Crippen LogP contribution in [-0.4, -0.2) is 41.5 Å². The molecule has 0 saturated carbocycles. The molecule has 2 aromatic rings. The number of unbranched alkanes of at least 4 members (excludes halogenated alkanes) is 5. The molecule has 0 spiro atoms. The molecule has 0 heterocycles. The van der Waals surface area contributed by atoms with Gasteiger partial charge in [-0.2, -0.15) is 0 Å². The standard InChI is InChI=1S/C32H45N3O4/c1-6-8-9-10-11-15-21-35(28(36)24-34-31(38)39-32(3,4)5)29(27-20-16-19-25(7-2)22-27)30(37)33-23-26-17-13-12-14-18-26/h7,12-14,16-20,22,29H,2,6,8-11,15,21,23-24H2,1,3-5H3,(H,33,37)(H,34,38). The van der Waals surface area contributed by atoms with Crippen molar-refractivity contribution in [1.29, 1.82) is 0 Å². The number of carbonyl (C=O) groups excluding carboxylic acids is 3. The van der Waals surface area contributed by atoms with Crippen LogP contribution in [0.5, 0.6) is 0 Å². The third-order valence-electron chi connectivity index (χ3n) is 6.19. The Morgan fingerprint density at radius 2 is 1.64 bits per heavy atom. The van der Waals surface area contributed by atoms with E-state index in [1.165, 1.54) is 6.42 Å². The molecule has 1 unspecified atom stereocenters. The summed E-state index contributed by atoms with van der Waals surface area (Å²) in [5, 5.41) is 5.58. The fourth-order valence-corrected chi connectivity index (χ4v) is 4.23. The number of nitrogens with one attached hydrogen (secondary N) is 2. The zero-order valence-corrected chi connectivity index (χ0v) is 24.0. The zero-order chi connectivity index (χ0) is 28.7. The van der Waals surface area contributed by atoms with Crippen LogP contribution in [0.4, 0.5) is 4.79 Å². The average Bonchev–Trinajstić information content (AvgIpc) is 2.91. The molecule has 2 N–H and O–H groups in total. The topological polar surface area (TPSA) is 87.7 Å². The van der Waals surface area contributed by atoms with E-state index in [1.54, 1.807) is 31.7 Å². The largest absolute Gasteiger partial charge is 0.444 e. The SMILES string of the molecule is C=Cc1cccc(C(C(=O)NCc2ccccc2)N(CCCCCCCC)C(=O)CNC(=O)OC(C)(C)C)c1. The highest BCUT2D eigenvalue weighted by molar-refractivity contribution is 5.90. The second-order valence-corrected chi connectivity index (χ2v) is 10.7. The van der Waals surface area contributed by atoms with Gasteiger partial charge in [0.1, 0.15) is 18.2 Å². The highest BCUT2D eigenvalue weighted by Gasteiger charge is 2.31. The molecule has 0 aliphatic carbocycles. The van der Waals surface area contributed by atoms with Crippen molar-refractivity contribution >= 4 is 24.0 Å². The number of nitrogens with zero attached hydrogens (tertiary/aromatic N) is 1. The Kier molecular flexibility index (Phi) is 13.3. The van der Waals surface area contributed by atoms with Gasteiger partial charge in [-0.15, -0.1) is 0 Å². The van der Waals surface area contributed by atoms with Crippen molar-refractivity contribution in [2.75, 3.05) is 13.1 Å². The summed E-state index contributed by atoms with van der Waals surface area (Å²) in [6.07, 6.45) is 7.31. The lowest BCUT2D eigenvalue weighted by molar-refractivity contribution is -0.140. The van der Waals surface area contributed by atoms with Gasteiger partial charge in [-0.25, -0.2) is 4.79 Å². The molecule has 3 amide bonds. The van der Waals surface area contributed by atoms with Crippen LogP contribution >= 0.6 is 0 Å². The normalized spacial score (nSPS) is 11.8. The minimum absolute atomic E-state index is 0.269. The van der Waals surface area contributed by atoms with E-state index >= 15 is 0 Å². The first kappa shape index (κ1) is 31.6. The molecule has 0 aliphatic heterocycles. The van der Waals surface area contributed by atoms with E-state index in [4.69, 9.17) is 4.74 Å². The van der Waals surface area contributed by atoms with Crippen LogP contribution in [0.3, 0.4) is 0 Å². The van der Waals surface area contributed by atoms with E-state index < -0.39 is 17.7 Å². The maximum atomic E-state index is 13.7. The predicted octanol–water partition coefficient (Wildman–Crippen LogP) is 6.40. The molecular formula is C32H45N3O4. The van der Waals surface area contributed by atoms with Crippen LogP contribution in [0.2, 0.25) is 0 Å². The van der Waals surface area contributed by atoms with Crippen molar-refractivity contribution in [3.05, 3.63) is 77.9 Å². The van der Waals surface area contributed by atoms with Crippen LogP contribution in [0, 0.1) is 0 Å². The number of hydrogen-bond donors (Lipinski definition) is 2. The van der Waals surface area contributed by atoms with Gasteiger partial charge in [0, 0.05) is 13.1 Å². The number of hydrogen-bond acceptors (Lipinski definition) is 4. The Hall–Kier alpha value is -3.61. The molecule has 0 bridgehead atoms. The summed E-state index contributed by atoms with van der Waals surface area (Å²) in [5.74, 6) is -0.630. The summed E-state index contributed by atoms with van der Waals surface area (Å²) >= 11 is 0. The third-order valence-corrected chi connectivity index (χ3v) is 6.19. The van der Waals surface area contributed by atoms with E-state index in [0.29, 0.717) is 18.7 Å². The minimum Gasteiger partial charge on any atom is -0.444 e. The van der Waals surface area contributed by atoms with Crippen molar-refractivity contribution in [2.45, 2.75) is 84.4 Å². The van der Waals surface area contributed by atoms with E-state index in [-0.39, 0.29) is 18.4 Å². The lowest BCUT2D eigenvalue weighted by atomic mass is 10.0. The molecule has 0 aliphatic rings. The predicted molar refractivity (Wildman–Crippen MR) is 157 cm³/mol. The fourth-order valence-electron chi connectivity index (χ4n) is 4.23. The van der Waals surface area contributed by atoms with Gasteiger partial charge in [0.25, 0.3) is 0 Å². The number of ether oxygens (including phenoxy) is 1. The van der Waals surface area contributed by atoms with Crippen molar-refractivity contribution < 1.29 is 19.1 Å². The first-order valence-electron chi connectivity index (χ1n) is 13.9. The highest BCUT2D eigenvalue weighted by Crippen LogP contribution is 2.24. The Balaban J connectivity index is 2.30. The number of amides is 3. The molecule has 0 radical (unpaired) electrons. The van der Waals surface area contributed by atoms with E-state index in [0.717, 1.165) is 43.2 Å². The first-order chi connectivity index (χ1) is 18.6. The van der Waals surface area contributed by atoms with Crippen molar-refractivity contribution in [2.24, 2.45) is 0 Å². The monoisotopic (exact) mass is 535 g/mol. The van der Waals surface area contributed by atoms with E-state index in [9.17, 15) is 14.4 Å². The summed E-state index contributed by atoms with van der Waals surface area (Å²) in [5.41, 5.74) is 1.82. The van der Waals surface area contributed by atoms with Gasteiger partial charge in [-0.05, 0) is 49.9 Å². The van der Waals surface area contributed by atoms with Crippen molar-refractivity contribution in [3.8, 4) is 0 Å². The summed E-state index contributed by atoms with van der Waals surface area (Å²) in [4.78, 5) is 41.2. The Bertz CT molecular complexity index is 1060. The molecule has 0 aromatic heterocycles. The maximum Gasteiger partial charge on any atom is 0.408 e. The quantitative estimate of drug-likeness (QED) is 0.258. The van der Waals surface area contributed by atoms with Crippen LogP contribution in [-0.2, 0) is 20.9 Å². The number of carbonyl (C=O) groups is 3. The molecule has 39 heavy (non-hydrogen) atoms. The van der Waals surface area contributed by atoms with Crippen molar-refractivity contribution in [3.63, 3.8) is 0 Å². The molecule has 2 aromatic carbocycles. The summed E-state index contributed by atoms with van der Waals surface area (Å²) in [6, 6.07) is 16.3. The van der Waals surface area contributed by atoms with Gasteiger partial charge in [0.2, 0.25) is 11.8 Å². The maximum absolute atomic E-state index is 13.7. The van der Waals surface area contributed by atoms with Gasteiger partial charge < -0.3 is 20.3 Å². The molecule has 212 valence electrons. The van der Waals surface area contributed by atoms with Crippen molar-refractivity contribution in [1.82, 2.24) is 15.5 Å².